The molecule has 33 heavy (non-hydrogen) atoms. The van der Waals surface area contributed by atoms with E-state index in [0.29, 0.717) is 22.9 Å². The number of rotatable bonds is 4. The summed E-state index contributed by atoms with van der Waals surface area (Å²) in [4.78, 5) is 16.0. The zero-order valence-corrected chi connectivity index (χ0v) is 17.5. The van der Waals surface area contributed by atoms with E-state index in [1.807, 2.05) is 84.9 Å². The molecule has 160 valence electrons. The maximum atomic E-state index is 6.13. The van der Waals surface area contributed by atoms with Gasteiger partial charge in [-0.1, -0.05) is 24.3 Å². The Morgan fingerprint density at radius 1 is 0.576 bits per heavy atom. The lowest BCUT2D eigenvalue weighted by atomic mass is 10.2. The molecule has 6 rings (SSSR count). The molecule has 0 aliphatic rings. The van der Waals surface area contributed by atoms with E-state index in [1.165, 1.54) is 0 Å². The molecule has 6 N–H and O–H groups in total. The van der Waals surface area contributed by atoms with Crippen molar-refractivity contribution >= 4 is 33.4 Å². The number of ether oxygens (including phenoxy) is 1. The minimum atomic E-state index is 0.699. The van der Waals surface area contributed by atoms with Gasteiger partial charge in [0.2, 0.25) is 0 Å². The summed E-state index contributed by atoms with van der Waals surface area (Å²) in [5.41, 5.74) is 18.6. The molecule has 0 fully saturated rings. The number of nitrogens with two attached hydrogens (primary N) is 2. The SMILES string of the molecule is Nc1cccc(-c2nc3ccc(Oc4ccc5nc(-c6cccc(N)c6)[nH]c5c4)cc3[nH]2)c1. The first-order valence-electron chi connectivity index (χ1n) is 10.5. The van der Waals surface area contributed by atoms with Gasteiger partial charge in [0.05, 0.1) is 22.1 Å². The first-order chi connectivity index (χ1) is 16.1. The molecular weight excluding hydrogens is 412 g/mol. The Bertz CT molecular complexity index is 1510. The number of hydrogen-bond donors (Lipinski definition) is 4. The van der Waals surface area contributed by atoms with E-state index in [1.54, 1.807) is 0 Å². The lowest BCUT2D eigenvalue weighted by Crippen LogP contribution is -1.86. The van der Waals surface area contributed by atoms with E-state index >= 15 is 0 Å². The Hall–Kier alpha value is -4.78. The molecule has 0 atom stereocenters. The van der Waals surface area contributed by atoms with Crippen molar-refractivity contribution in [1.82, 2.24) is 19.9 Å². The van der Waals surface area contributed by atoms with E-state index in [2.05, 4.69) is 19.9 Å². The van der Waals surface area contributed by atoms with Crippen LogP contribution in [0.15, 0.2) is 84.9 Å². The molecule has 0 spiro atoms. The maximum absolute atomic E-state index is 6.13. The van der Waals surface area contributed by atoms with Gasteiger partial charge in [-0.2, -0.15) is 0 Å². The van der Waals surface area contributed by atoms with Crippen LogP contribution in [0.3, 0.4) is 0 Å². The van der Waals surface area contributed by atoms with Gasteiger partial charge in [0.25, 0.3) is 0 Å². The second-order valence-electron chi connectivity index (χ2n) is 7.88. The van der Waals surface area contributed by atoms with Crippen LogP contribution >= 0.6 is 0 Å². The van der Waals surface area contributed by atoms with Gasteiger partial charge in [0, 0.05) is 34.6 Å². The molecule has 0 aliphatic heterocycles. The number of fused-ring (bicyclic) bond motifs is 2. The Morgan fingerprint density at radius 2 is 1.06 bits per heavy atom. The average molecular weight is 432 g/mol. The van der Waals surface area contributed by atoms with E-state index in [-0.39, 0.29) is 0 Å². The summed E-state index contributed by atoms with van der Waals surface area (Å²) in [6.07, 6.45) is 0. The molecule has 0 bridgehead atoms. The molecule has 4 aromatic carbocycles. The van der Waals surface area contributed by atoms with Crippen LogP contribution in [-0.2, 0) is 0 Å². The molecule has 0 amide bonds. The summed E-state index contributed by atoms with van der Waals surface area (Å²) in [6, 6.07) is 26.8. The first-order valence-corrected chi connectivity index (χ1v) is 10.5. The number of nitrogen functional groups attached to an aromatic ring is 2. The number of aromatic nitrogens is 4. The molecule has 2 aromatic heterocycles. The normalized spacial score (nSPS) is 11.3. The highest BCUT2D eigenvalue weighted by Gasteiger charge is 2.10. The predicted molar refractivity (Wildman–Crippen MR) is 132 cm³/mol. The molecule has 6 aromatic rings. The topological polar surface area (TPSA) is 119 Å². The van der Waals surface area contributed by atoms with Crippen molar-refractivity contribution in [3.8, 4) is 34.3 Å². The number of hydrogen-bond acceptors (Lipinski definition) is 5. The Labute approximate surface area is 189 Å². The van der Waals surface area contributed by atoms with Crippen LogP contribution < -0.4 is 16.2 Å². The standard InChI is InChI=1S/C26H20N6O/c27-17-5-1-3-15(11-17)25-29-21-9-7-19(13-23(21)31-25)33-20-8-10-22-24(14-20)32-26(30-22)16-4-2-6-18(28)12-16/h1-14H,27-28H2,(H,29,31)(H,30,32). The molecule has 0 radical (unpaired) electrons. The van der Waals surface area contributed by atoms with Crippen LogP contribution in [-0.4, -0.2) is 19.9 Å². The molecule has 0 saturated carbocycles. The van der Waals surface area contributed by atoms with Gasteiger partial charge in [0.15, 0.2) is 0 Å². The van der Waals surface area contributed by atoms with Crippen LogP contribution in [0.5, 0.6) is 11.5 Å². The summed E-state index contributed by atoms with van der Waals surface area (Å²) in [7, 11) is 0. The second-order valence-corrected chi connectivity index (χ2v) is 7.88. The van der Waals surface area contributed by atoms with Crippen LogP contribution in [0, 0.1) is 0 Å². The highest BCUT2D eigenvalue weighted by Crippen LogP contribution is 2.30. The van der Waals surface area contributed by atoms with Crippen molar-refractivity contribution < 1.29 is 4.74 Å². The number of nitrogens with one attached hydrogen (secondary N) is 2. The largest absolute Gasteiger partial charge is 0.457 e. The third kappa shape index (κ3) is 3.61. The third-order valence-corrected chi connectivity index (χ3v) is 5.46. The quantitative estimate of drug-likeness (QED) is 0.265. The highest BCUT2D eigenvalue weighted by atomic mass is 16.5. The molecule has 0 unspecified atom stereocenters. The van der Waals surface area contributed by atoms with Crippen LogP contribution in [0.1, 0.15) is 0 Å². The van der Waals surface area contributed by atoms with E-state index in [0.717, 1.165) is 44.8 Å². The number of anilines is 2. The van der Waals surface area contributed by atoms with Crippen LogP contribution in [0.4, 0.5) is 11.4 Å². The number of benzene rings is 4. The fourth-order valence-electron chi connectivity index (χ4n) is 3.89. The summed E-state index contributed by atoms with van der Waals surface area (Å²) in [5, 5.41) is 0. The summed E-state index contributed by atoms with van der Waals surface area (Å²) < 4.78 is 6.13. The third-order valence-electron chi connectivity index (χ3n) is 5.46. The van der Waals surface area contributed by atoms with E-state index in [4.69, 9.17) is 16.2 Å². The zero-order valence-electron chi connectivity index (χ0n) is 17.5. The van der Waals surface area contributed by atoms with Gasteiger partial charge in [-0.15, -0.1) is 0 Å². The van der Waals surface area contributed by atoms with Gasteiger partial charge in [-0.3, -0.25) is 0 Å². The first kappa shape index (κ1) is 18.9. The smallest absolute Gasteiger partial charge is 0.138 e. The van der Waals surface area contributed by atoms with Gasteiger partial charge in [0.1, 0.15) is 23.1 Å². The predicted octanol–water partition coefficient (Wildman–Crippen LogP) is 5.73. The highest BCUT2D eigenvalue weighted by molar-refractivity contribution is 5.83. The Balaban J connectivity index is 1.29. The minimum Gasteiger partial charge on any atom is -0.457 e. The number of imidazole rings is 2. The molecule has 7 heteroatoms. The lowest BCUT2D eigenvalue weighted by molar-refractivity contribution is 0.484. The Morgan fingerprint density at radius 3 is 1.52 bits per heavy atom. The van der Waals surface area contributed by atoms with Crippen molar-refractivity contribution in [1.29, 1.82) is 0 Å². The monoisotopic (exact) mass is 432 g/mol. The molecule has 0 saturated heterocycles. The van der Waals surface area contributed by atoms with E-state index in [9.17, 15) is 0 Å². The average Bonchev–Trinajstić information content (AvgIpc) is 3.43. The van der Waals surface area contributed by atoms with Gasteiger partial charge in [-0.25, -0.2) is 9.97 Å². The minimum absolute atomic E-state index is 0.699. The summed E-state index contributed by atoms with van der Waals surface area (Å²) >= 11 is 0. The summed E-state index contributed by atoms with van der Waals surface area (Å²) in [5.74, 6) is 2.95. The van der Waals surface area contributed by atoms with Gasteiger partial charge >= 0.3 is 0 Å². The van der Waals surface area contributed by atoms with Crippen molar-refractivity contribution in [2.45, 2.75) is 0 Å². The van der Waals surface area contributed by atoms with Gasteiger partial charge < -0.3 is 26.2 Å². The van der Waals surface area contributed by atoms with Gasteiger partial charge in [-0.05, 0) is 48.5 Å². The summed E-state index contributed by atoms with van der Waals surface area (Å²) in [6.45, 7) is 0. The van der Waals surface area contributed by atoms with Crippen molar-refractivity contribution in [3.05, 3.63) is 84.9 Å². The van der Waals surface area contributed by atoms with Crippen molar-refractivity contribution in [2.24, 2.45) is 0 Å². The number of nitrogens with zero attached hydrogens (tertiary/aromatic N) is 2. The zero-order chi connectivity index (χ0) is 22.4. The fourth-order valence-corrected chi connectivity index (χ4v) is 3.89. The second kappa shape index (κ2) is 7.42. The lowest BCUT2D eigenvalue weighted by Gasteiger charge is -2.05. The van der Waals surface area contributed by atoms with Crippen LogP contribution in [0.2, 0.25) is 0 Å². The number of H-pyrrole nitrogens is 2. The Kier molecular flexibility index (Phi) is 4.26. The van der Waals surface area contributed by atoms with Crippen molar-refractivity contribution in [2.75, 3.05) is 11.5 Å². The molecule has 2 heterocycles. The molecule has 7 nitrogen and oxygen atoms in total. The molecular formula is C26H20N6O. The van der Waals surface area contributed by atoms with Crippen molar-refractivity contribution in [3.63, 3.8) is 0 Å². The van der Waals surface area contributed by atoms with Crippen LogP contribution in [0.25, 0.3) is 44.8 Å². The van der Waals surface area contributed by atoms with E-state index < -0.39 is 0 Å². The number of aromatic amines is 2. The maximum Gasteiger partial charge on any atom is 0.138 e. The molecule has 0 aliphatic carbocycles. The fraction of sp³-hybridized carbons (Fsp3) is 0.